The van der Waals surface area contributed by atoms with Crippen LogP contribution in [0.1, 0.15) is 16.8 Å². The van der Waals surface area contributed by atoms with Crippen LogP contribution < -0.4 is 11.1 Å². The van der Waals surface area contributed by atoms with Gasteiger partial charge in [0.25, 0.3) is 5.91 Å². The third-order valence-electron chi connectivity index (χ3n) is 2.71. The smallest absolute Gasteiger partial charge is 0.253 e. The Balaban J connectivity index is 1.83. The molecular formula is C13H15ClN4O. The first-order chi connectivity index (χ1) is 9.18. The second-order valence-electron chi connectivity index (χ2n) is 4.08. The van der Waals surface area contributed by atoms with Gasteiger partial charge in [-0.2, -0.15) is 5.10 Å². The molecule has 0 fully saturated rings. The van der Waals surface area contributed by atoms with Crippen LogP contribution >= 0.6 is 11.6 Å². The van der Waals surface area contributed by atoms with Crippen LogP contribution in [0.15, 0.2) is 36.7 Å². The Hall–Kier alpha value is -2.01. The van der Waals surface area contributed by atoms with Gasteiger partial charge in [0.1, 0.15) is 0 Å². The minimum absolute atomic E-state index is 0.208. The highest BCUT2D eigenvalue weighted by molar-refractivity contribution is 6.33. The van der Waals surface area contributed by atoms with E-state index in [1.54, 1.807) is 24.4 Å². The fourth-order valence-electron chi connectivity index (χ4n) is 1.71. The summed E-state index contributed by atoms with van der Waals surface area (Å²) < 4.78 is 1.82. The predicted octanol–water partition coefficient (Wildman–Crippen LogP) is 1.94. The Bertz CT molecular complexity index is 554. The Kier molecular flexibility index (Phi) is 4.41. The number of nitrogens with zero attached hydrogens (tertiary/aromatic N) is 2. The largest absolute Gasteiger partial charge is 0.397 e. The quantitative estimate of drug-likeness (QED) is 0.648. The van der Waals surface area contributed by atoms with Gasteiger partial charge in [0.15, 0.2) is 0 Å². The average molecular weight is 279 g/mol. The molecule has 1 heterocycles. The summed E-state index contributed by atoms with van der Waals surface area (Å²) in [6.07, 6.45) is 4.41. The maximum absolute atomic E-state index is 11.9. The number of halogens is 1. The van der Waals surface area contributed by atoms with E-state index in [4.69, 9.17) is 17.3 Å². The number of para-hydroxylation sites is 1. The zero-order valence-corrected chi connectivity index (χ0v) is 11.1. The van der Waals surface area contributed by atoms with Crippen molar-refractivity contribution < 1.29 is 4.79 Å². The zero-order chi connectivity index (χ0) is 13.7. The van der Waals surface area contributed by atoms with Gasteiger partial charge < -0.3 is 11.1 Å². The van der Waals surface area contributed by atoms with E-state index in [0.717, 1.165) is 13.0 Å². The number of nitrogen functional groups attached to an aromatic ring is 1. The molecule has 5 nitrogen and oxygen atoms in total. The van der Waals surface area contributed by atoms with Crippen molar-refractivity contribution in [3.63, 3.8) is 0 Å². The molecule has 1 aromatic carbocycles. The summed E-state index contributed by atoms with van der Waals surface area (Å²) in [4.78, 5) is 11.9. The third kappa shape index (κ3) is 3.48. The van der Waals surface area contributed by atoms with Crippen LogP contribution in [0.5, 0.6) is 0 Å². The molecule has 1 aromatic heterocycles. The first-order valence-corrected chi connectivity index (χ1v) is 6.36. The molecule has 0 atom stereocenters. The van der Waals surface area contributed by atoms with E-state index < -0.39 is 0 Å². The van der Waals surface area contributed by atoms with Crippen molar-refractivity contribution in [2.24, 2.45) is 0 Å². The number of amides is 1. The summed E-state index contributed by atoms with van der Waals surface area (Å²) in [5, 5.41) is 7.29. The van der Waals surface area contributed by atoms with Crippen molar-refractivity contribution in [1.29, 1.82) is 0 Å². The second-order valence-corrected chi connectivity index (χ2v) is 4.49. The number of carbonyl (C=O) groups is 1. The Morgan fingerprint density at radius 1 is 1.42 bits per heavy atom. The van der Waals surface area contributed by atoms with Gasteiger partial charge >= 0.3 is 0 Å². The summed E-state index contributed by atoms with van der Waals surface area (Å²) in [7, 11) is 0. The molecule has 0 bridgehead atoms. The van der Waals surface area contributed by atoms with Crippen LogP contribution in [0.2, 0.25) is 5.02 Å². The third-order valence-corrected chi connectivity index (χ3v) is 3.04. The molecule has 0 spiro atoms. The molecular weight excluding hydrogens is 264 g/mol. The Morgan fingerprint density at radius 3 is 3.00 bits per heavy atom. The fraction of sp³-hybridized carbons (Fsp3) is 0.231. The highest BCUT2D eigenvalue weighted by atomic mass is 35.5. The monoisotopic (exact) mass is 278 g/mol. The van der Waals surface area contributed by atoms with Crippen LogP contribution in [0.3, 0.4) is 0 Å². The van der Waals surface area contributed by atoms with Crippen molar-refractivity contribution in [2.45, 2.75) is 13.0 Å². The Morgan fingerprint density at radius 2 is 2.26 bits per heavy atom. The topological polar surface area (TPSA) is 72.9 Å². The van der Waals surface area contributed by atoms with Crippen molar-refractivity contribution in [3.05, 3.63) is 47.2 Å². The standard InChI is InChI=1S/C13H15ClN4O/c14-11-5-1-4-10(12(11)15)13(19)16-6-2-8-18-9-3-7-17-18/h1,3-5,7,9H,2,6,8,15H2,(H,16,19). The first-order valence-electron chi connectivity index (χ1n) is 5.98. The van der Waals surface area contributed by atoms with Crippen molar-refractivity contribution in [1.82, 2.24) is 15.1 Å². The molecule has 3 N–H and O–H groups in total. The summed E-state index contributed by atoms with van der Waals surface area (Å²) in [6, 6.07) is 6.89. The van der Waals surface area contributed by atoms with Crippen LogP contribution in [0.25, 0.3) is 0 Å². The molecule has 6 heteroatoms. The molecule has 19 heavy (non-hydrogen) atoms. The SMILES string of the molecule is Nc1c(Cl)cccc1C(=O)NCCCn1cccn1. The summed E-state index contributed by atoms with van der Waals surface area (Å²) in [6.45, 7) is 1.32. The molecule has 0 aliphatic heterocycles. The average Bonchev–Trinajstić information content (AvgIpc) is 2.91. The van der Waals surface area contributed by atoms with Crippen LogP contribution in [-0.4, -0.2) is 22.2 Å². The van der Waals surface area contributed by atoms with Crippen molar-refractivity contribution in [2.75, 3.05) is 12.3 Å². The summed E-state index contributed by atoms with van der Waals surface area (Å²) in [5.41, 5.74) is 6.48. The summed E-state index contributed by atoms with van der Waals surface area (Å²) in [5.74, 6) is -0.208. The number of anilines is 1. The van der Waals surface area contributed by atoms with E-state index in [1.165, 1.54) is 0 Å². The number of rotatable bonds is 5. The van der Waals surface area contributed by atoms with E-state index in [2.05, 4.69) is 10.4 Å². The molecule has 2 rings (SSSR count). The lowest BCUT2D eigenvalue weighted by Gasteiger charge is -2.08. The van der Waals surface area contributed by atoms with Crippen LogP contribution in [-0.2, 0) is 6.54 Å². The van der Waals surface area contributed by atoms with E-state index in [0.29, 0.717) is 22.8 Å². The highest BCUT2D eigenvalue weighted by Gasteiger charge is 2.10. The van der Waals surface area contributed by atoms with Crippen molar-refractivity contribution in [3.8, 4) is 0 Å². The number of nitrogens with two attached hydrogens (primary N) is 1. The minimum atomic E-state index is -0.208. The lowest BCUT2D eigenvalue weighted by Crippen LogP contribution is -2.26. The van der Waals surface area contributed by atoms with Crippen LogP contribution in [0.4, 0.5) is 5.69 Å². The number of hydrogen-bond donors (Lipinski definition) is 2. The number of aromatic nitrogens is 2. The predicted molar refractivity (Wildman–Crippen MR) is 75.0 cm³/mol. The van der Waals surface area contributed by atoms with Crippen molar-refractivity contribution >= 4 is 23.2 Å². The highest BCUT2D eigenvalue weighted by Crippen LogP contribution is 2.22. The number of benzene rings is 1. The first kappa shape index (κ1) is 13.4. The van der Waals surface area contributed by atoms with E-state index in [9.17, 15) is 4.79 Å². The molecule has 0 saturated heterocycles. The molecule has 0 aliphatic carbocycles. The van der Waals surface area contributed by atoms with Gasteiger partial charge in [0.2, 0.25) is 0 Å². The molecule has 0 unspecified atom stereocenters. The molecule has 0 radical (unpaired) electrons. The molecule has 2 aromatic rings. The number of nitrogens with one attached hydrogen (secondary N) is 1. The number of hydrogen-bond acceptors (Lipinski definition) is 3. The fourth-order valence-corrected chi connectivity index (χ4v) is 1.88. The molecule has 0 saturated carbocycles. The van der Waals surface area contributed by atoms with Gasteiger partial charge in [-0.3, -0.25) is 9.48 Å². The lowest BCUT2D eigenvalue weighted by molar-refractivity contribution is 0.0953. The van der Waals surface area contributed by atoms with Gasteiger partial charge in [-0.25, -0.2) is 0 Å². The minimum Gasteiger partial charge on any atom is -0.397 e. The Labute approximate surface area is 116 Å². The van der Waals surface area contributed by atoms with Gasteiger partial charge in [0, 0.05) is 25.5 Å². The van der Waals surface area contributed by atoms with E-state index in [1.807, 2.05) is 16.9 Å². The molecule has 100 valence electrons. The maximum atomic E-state index is 11.9. The lowest BCUT2D eigenvalue weighted by atomic mass is 10.1. The molecule has 0 aliphatic rings. The van der Waals surface area contributed by atoms with Gasteiger partial charge in [0.05, 0.1) is 16.3 Å². The van der Waals surface area contributed by atoms with Gasteiger partial charge in [-0.15, -0.1) is 0 Å². The molecule has 1 amide bonds. The number of aryl methyl sites for hydroxylation is 1. The van der Waals surface area contributed by atoms with E-state index >= 15 is 0 Å². The van der Waals surface area contributed by atoms with Crippen LogP contribution in [0, 0.1) is 0 Å². The maximum Gasteiger partial charge on any atom is 0.253 e. The second kappa shape index (κ2) is 6.24. The van der Waals surface area contributed by atoms with Gasteiger partial charge in [-0.1, -0.05) is 17.7 Å². The number of carbonyl (C=O) groups excluding carboxylic acids is 1. The van der Waals surface area contributed by atoms with E-state index in [-0.39, 0.29) is 5.91 Å². The van der Waals surface area contributed by atoms with Gasteiger partial charge in [-0.05, 0) is 24.6 Å². The normalized spacial score (nSPS) is 10.4. The zero-order valence-electron chi connectivity index (χ0n) is 10.3. The summed E-state index contributed by atoms with van der Waals surface area (Å²) >= 11 is 5.87.